The number of hydrogen-bond acceptors (Lipinski definition) is 6. The van der Waals surface area contributed by atoms with Crippen molar-refractivity contribution in [3.8, 4) is 28.6 Å². The van der Waals surface area contributed by atoms with Gasteiger partial charge in [-0.1, -0.05) is 0 Å². The highest BCUT2D eigenvalue weighted by Crippen LogP contribution is 2.48. The van der Waals surface area contributed by atoms with E-state index in [1.54, 1.807) is 18.2 Å². The van der Waals surface area contributed by atoms with E-state index >= 15 is 4.39 Å². The Bertz CT molecular complexity index is 1330. The first kappa shape index (κ1) is 21.2. The molecule has 4 aliphatic rings. The molecule has 2 heterocycles. The van der Waals surface area contributed by atoms with Crippen molar-refractivity contribution < 1.29 is 28.9 Å². The summed E-state index contributed by atoms with van der Waals surface area (Å²) >= 11 is 0. The van der Waals surface area contributed by atoms with Crippen LogP contribution in [-0.4, -0.2) is 52.0 Å². The Morgan fingerprint density at radius 2 is 2.00 bits per heavy atom. The third-order valence-corrected chi connectivity index (χ3v) is 7.67. The van der Waals surface area contributed by atoms with Crippen molar-refractivity contribution in [3.63, 3.8) is 0 Å². The van der Waals surface area contributed by atoms with Crippen LogP contribution in [-0.2, 0) is 10.3 Å². The highest BCUT2D eigenvalue weighted by Gasteiger charge is 2.45. The average molecular weight is 467 g/mol. The van der Waals surface area contributed by atoms with Crippen molar-refractivity contribution in [3.05, 3.63) is 35.6 Å². The van der Waals surface area contributed by atoms with E-state index in [0.717, 1.165) is 12.3 Å². The number of carbonyl (C=O) groups is 1. The Morgan fingerprint density at radius 1 is 1.24 bits per heavy atom. The Kier molecular flexibility index (Phi) is 4.58. The van der Waals surface area contributed by atoms with Gasteiger partial charge in [0.2, 0.25) is 5.75 Å². The van der Waals surface area contributed by atoms with Gasteiger partial charge in [0.1, 0.15) is 5.82 Å². The molecule has 0 radical (unpaired) electrons. The molecular weight excluding hydrogens is 441 g/mol. The lowest BCUT2D eigenvalue weighted by Crippen LogP contribution is -2.49. The number of nitrogens with zero attached hydrogens (tertiary/aromatic N) is 2. The van der Waals surface area contributed by atoms with E-state index in [0.29, 0.717) is 35.7 Å². The maximum Gasteiger partial charge on any atom is 0.251 e. The lowest BCUT2D eigenvalue weighted by molar-refractivity contribution is -0.0868. The minimum absolute atomic E-state index is 0.0202. The van der Waals surface area contributed by atoms with Gasteiger partial charge in [-0.05, 0) is 62.3 Å². The van der Waals surface area contributed by atoms with E-state index in [9.17, 15) is 15.0 Å². The van der Waals surface area contributed by atoms with Gasteiger partial charge in [-0.25, -0.2) is 9.37 Å². The summed E-state index contributed by atoms with van der Waals surface area (Å²) in [6.45, 7) is 2.74. The van der Waals surface area contributed by atoms with E-state index in [1.807, 2.05) is 11.5 Å². The number of ether oxygens (including phenoxy) is 2. The fourth-order valence-electron chi connectivity index (χ4n) is 5.69. The zero-order valence-electron chi connectivity index (χ0n) is 19.0. The molecule has 2 bridgehead atoms. The van der Waals surface area contributed by atoms with Crippen LogP contribution in [0.3, 0.4) is 0 Å². The molecule has 8 nitrogen and oxygen atoms in total. The minimum Gasteiger partial charge on any atom is -0.502 e. The summed E-state index contributed by atoms with van der Waals surface area (Å²) in [6.07, 6.45) is 3.45. The number of hydrogen-bond donors (Lipinski definition) is 3. The van der Waals surface area contributed by atoms with E-state index in [1.165, 1.54) is 26.0 Å². The molecule has 34 heavy (non-hydrogen) atoms. The maximum atomic E-state index is 15.1. The number of aromatic hydroxyl groups is 2. The molecule has 178 valence electrons. The molecule has 0 spiro atoms. The zero-order chi connectivity index (χ0) is 23.8. The smallest absolute Gasteiger partial charge is 0.251 e. The number of benzene rings is 2. The number of carbonyl (C=O) groups excluding carboxylic acids is 1. The van der Waals surface area contributed by atoms with Gasteiger partial charge in [0, 0.05) is 11.6 Å². The predicted octanol–water partition coefficient (Wildman–Crippen LogP) is 3.54. The van der Waals surface area contributed by atoms with Crippen LogP contribution in [0.25, 0.3) is 22.4 Å². The molecule has 9 heteroatoms. The molecule has 3 saturated carbocycles. The number of methoxy groups -OCH3 is 1. The molecule has 1 aliphatic heterocycles. The van der Waals surface area contributed by atoms with Gasteiger partial charge in [-0.3, -0.25) is 4.79 Å². The second kappa shape index (κ2) is 7.33. The summed E-state index contributed by atoms with van der Waals surface area (Å²) in [5, 5.41) is 23.3. The second-order valence-corrected chi connectivity index (χ2v) is 10.0. The van der Waals surface area contributed by atoms with Crippen LogP contribution in [0.2, 0.25) is 0 Å². The number of aromatic nitrogens is 2. The standard InChI is InChI=1S/C25H26FN3O5/c1-25(10-34-11-25)29-18-8-13(24(32)28-17-7-12-5-14(17)6-12)3-4-16(18)27-23(29)15-9-19(33-2)21(30)22(31)20(15)26/h3-4,8-9,12,14,17,30-31H,5-7,10-11H2,1-2H3,(H,28,32)/t12?,14?,17-/m0/s1. The number of rotatable bonds is 5. The normalized spacial score (nSPS) is 24.5. The van der Waals surface area contributed by atoms with Crippen molar-refractivity contribution >= 4 is 16.9 Å². The molecule has 4 fully saturated rings. The van der Waals surface area contributed by atoms with Gasteiger partial charge >= 0.3 is 0 Å². The van der Waals surface area contributed by atoms with Gasteiger partial charge in [0.25, 0.3) is 5.91 Å². The first-order chi connectivity index (χ1) is 16.3. The van der Waals surface area contributed by atoms with Crippen molar-refractivity contribution in [2.24, 2.45) is 11.8 Å². The molecule has 1 amide bonds. The largest absolute Gasteiger partial charge is 0.502 e. The highest BCUT2D eigenvalue weighted by atomic mass is 19.1. The van der Waals surface area contributed by atoms with Gasteiger partial charge in [-0.2, -0.15) is 0 Å². The summed E-state index contributed by atoms with van der Waals surface area (Å²) in [6, 6.07) is 6.79. The van der Waals surface area contributed by atoms with Gasteiger partial charge in [0.05, 0.1) is 42.5 Å². The number of amides is 1. The van der Waals surface area contributed by atoms with Crippen molar-refractivity contribution in [1.29, 1.82) is 0 Å². The summed E-state index contributed by atoms with van der Waals surface area (Å²) in [7, 11) is 1.32. The summed E-state index contributed by atoms with van der Waals surface area (Å²) in [5.41, 5.74) is 1.20. The number of halogens is 1. The minimum atomic E-state index is -1.00. The molecule has 3 aliphatic carbocycles. The number of phenols is 2. The van der Waals surface area contributed by atoms with Crippen LogP contribution in [0.1, 0.15) is 36.5 Å². The number of nitrogens with one attached hydrogen (secondary N) is 1. The highest BCUT2D eigenvalue weighted by molar-refractivity contribution is 5.98. The zero-order valence-corrected chi connectivity index (χ0v) is 19.0. The van der Waals surface area contributed by atoms with E-state index in [2.05, 4.69) is 10.3 Å². The molecule has 3 N–H and O–H groups in total. The Labute approximate surface area is 195 Å². The molecule has 2 aromatic carbocycles. The molecule has 1 saturated heterocycles. The number of phenolic OH excluding ortho intramolecular Hbond substituents is 2. The topological polar surface area (TPSA) is 106 Å². The monoisotopic (exact) mass is 467 g/mol. The number of imidazole rings is 1. The van der Waals surface area contributed by atoms with Gasteiger partial charge in [0.15, 0.2) is 17.3 Å². The quantitative estimate of drug-likeness (QED) is 0.496. The predicted molar refractivity (Wildman–Crippen MR) is 122 cm³/mol. The Morgan fingerprint density at radius 3 is 2.62 bits per heavy atom. The van der Waals surface area contributed by atoms with Crippen LogP contribution in [0.15, 0.2) is 24.3 Å². The number of fused-ring (bicyclic) bond motifs is 2. The van der Waals surface area contributed by atoms with Crippen LogP contribution < -0.4 is 10.1 Å². The van der Waals surface area contributed by atoms with Crippen LogP contribution in [0.4, 0.5) is 4.39 Å². The van der Waals surface area contributed by atoms with Crippen LogP contribution >= 0.6 is 0 Å². The van der Waals surface area contributed by atoms with Crippen molar-refractivity contribution in [2.75, 3.05) is 20.3 Å². The lowest BCUT2D eigenvalue weighted by Gasteiger charge is -2.40. The molecule has 0 unspecified atom stereocenters. The maximum absolute atomic E-state index is 15.1. The second-order valence-electron chi connectivity index (χ2n) is 10.0. The Hall–Kier alpha value is -3.33. The third kappa shape index (κ3) is 2.99. The first-order valence-electron chi connectivity index (χ1n) is 11.5. The molecule has 1 atom stereocenters. The van der Waals surface area contributed by atoms with E-state index in [4.69, 9.17) is 9.47 Å². The van der Waals surface area contributed by atoms with Gasteiger partial charge < -0.3 is 29.6 Å². The van der Waals surface area contributed by atoms with E-state index < -0.39 is 22.9 Å². The lowest BCUT2D eigenvalue weighted by atomic mass is 9.84. The third-order valence-electron chi connectivity index (χ3n) is 7.67. The SMILES string of the molecule is COc1cc(-c2nc3ccc(C(=O)N[C@H]4CC5CC4C5)cc3n2C2(C)COC2)c(F)c(O)c1O. The average Bonchev–Trinajstić information content (AvgIpc) is 3.47. The Balaban J connectivity index is 1.47. The summed E-state index contributed by atoms with van der Waals surface area (Å²) in [5.74, 6) is -1.20. The molecular formula is C25H26FN3O5. The van der Waals surface area contributed by atoms with Gasteiger partial charge in [-0.15, -0.1) is 0 Å². The fourth-order valence-corrected chi connectivity index (χ4v) is 5.69. The summed E-state index contributed by atoms with van der Waals surface area (Å²) in [4.78, 5) is 17.7. The molecule has 1 aromatic heterocycles. The first-order valence-corrected chi connectivity index (χ1v) is 11.5. The van der Waals surface area contributed by atoms with E-state index in [-0.39, 0.29) is 29.1 Å². The molecule has 3 aromatic rings. The van der Waals surface area contributed by atoms with Crippen molar-refractivity contribution in [2.45, 2.75) is 37.8 Å². The van der Waals surface area contributed by atoms with Crippen molar-refractivity contribution in [1.82, 2.24) is 14.9 Å². The van der Waals surface area contributed by atoms with Crippen LogP contribution in [0.5, 0.6) is 17.2 Å². The molecule has 7 rings (SSSR count). The fraction of sp³-hybridized carbons (Fsp3) is 0.440. The summed E-state index contributed by atoms with van der Waals surface area (Å²) < 4.78 is 27.6. The van der Waals surface area contributed by atoms with Crippen LogP contribution in [0, 0.1) is 17.7 Å².